The predicted molar refractivity (Wildman–Crippen MR) is 64.6 cm³/mol. The minimum Gasteiger partial charge on any atom is -0.389 e. The number of thioether (sulfide) groups is 1. The Bertz CT molecular complexity index is 294. The van der Waals surface area contributed by atoms with Crippen LogP contribution < -0.4 is 5.32 Å². The summed E-state index contributed by atoms with van der Waals surface area (Å²) in [7, 11) is 1.58. The maximum absolute atomic E-state index is 9.44. The lowest BCUT2D eigenvalue weighted by Gasteiger charge is -2.12. The molecule has 2 N–H and O–H groups in total. The number of hydrogen-bond donors (Lipinski definition) is 2. The van der Waals surface area contributed by atoms with Crippen molar-refractivity contribution in [1.82, 2.24) is 0 Å². The van der Waals surface area contributed by atoms with E-state index in [0.717, 1.165) is 5.69 Å². The van der Waals surface area contributed by atoms with Gasteiger partial charge in [-0.15, -0.1) is 11.8 Å². The van der Waals surface area contributed by atoms with Crippen LogP contribution in [0.15, 0.2) is 29.2 Å². The molecule has 0 aliphatic rings. The van der Waals surface area contributed by atoms with Crippen LogP contribution in [0.1, 0.15) is 0 Å². The van der Waals surface area contributed by atoms with E-state index in [9.17, 15) is 5.11 Å². The molecule has 0 saturated carbocycles. The van der Waals surface area contributed by atoms with E-state index in [-0.39, 0.29) is 0 Å². The number of ether oxygens (including phenoxy) is 1. The summed E-state index contributed by atoms with van der Waals surface area (Å²) in [5, 5.41) is 12.6. The van der Waals surface area contributed by atoms with Crippen molar-refractivity contribution in [2.75, 3.05) is 31.8 Å². The van der Waals surface area contributed by atoms with Crippen LogP contribution in [-0.4, -0.2) is 37.7 Å². The van der Waals surface area contributed by atoms with Gasteiger partial charge >= 0.3 is 0 Å². The van der Waals surface area contributed by atoms with Crippen molar-refractivity contribution in [3.05, 3.63) is 24.3 Å². The molecule has 0 aliphatic heterocycles. The van der Waals surface area contributed by atoms with Crippen molar-refractivity contribution in [3.63, 3.8) is 0 Å². The lowest BCUT2D eigenvalue weighted by atomic mass is 10.3. The SMILES string of the molecule is COCC(O)CNc1cccc(SC)c1. The Hall–Kier alpha value is -0.710. The molecule has 1 aromatic carbocycles. The first-order chi connectivity index (χ1) is 7.26. The second-order valence-electron chi connectivity index (χ2n) is 3.22. The fourth-order valence-electron chi connectivity index (χ4n) is 1.22. The molecule has 0 radical (unpaired) electrons. The van der Waals surface area contributed by atoms with Crippen LogP contribution in [0.4, 0.5) is 5.69 Å². The number of aliphatic hydroxyl groups is 1. The highest BCUT2D eigenvalue weighted by Crippen LogP contribution is 2.18. The summed E-state index contributed by atoms with van der Waals surface area (Å²) in [6.45, 7) is 0.862. The molecular weight excluding hydrogens is 210 g/mol. The van der Waals surface area contributed by atoms with Gasteiger partial charge in [0.1, 0.15) is 0 Å². The van der Waals surface area contributed by atoms with Crippen LogP contribution in [0.25, 0.3) is 0 Å². The molecule has 4 heteroatoms. The van der Waals surface area contributed by atoms with Crippen molar-refractivity contribution in [1.29, 1.82) is 0 Å². The number of methoxy groups -OCH3 is 1. The third-order valence-electron chi connectivity index (χ3n) is 1.97. The van der Waals surface area contributed by atoms with Crippen LogP contribution >= 0.6 is 11.8 Å². The number of benzene rings is 1. The number of anilines is 1. The Morgan fingerprint density at radius 1 is 1.53 bits per heavy atom. The Balaban J connectivity index is 2.43. The standard InChI is InChI=1S/C11H17NO2S/c1-14-8-10(13)7-12-9-4-3-5-11(6-9)15-2/h3-6,10,12-13H,7-8H2,1-2H3. The van der Waals surface area contributed by atoms with E-state index in [2.05, 4.69) is 17.4 Å². The Morgan fingerprint density at radius 2 is 2.33 bits per heavy atom. The maximum Gasteiger partial charge on any atom is 0.0945 e. The fourth-order valence-corrected chi connectivity index (χ4v) is 1.68. The van der Waals surface area contributed by atoms with Crippen LogP contribution in [0, 0.1) is 0 Å². The Kier molecular flexibility index (Phi) is 5.53. The molecule has 0 spiro atoms. The molecule has 0 saturated heterocycles. The molecule has 1 unspecified atom stereocenters. The molecule has 0 fully saturated rings. The normalized spacial score (nSPS) is 12.5. The largest absolute Gasteiger partial charge is 0.389 e. The summed E-state index contributed by atoms with van der Waals surface area (Å²) in [6.07, 6.45) is 1.58. The highest BCUT2D eigenvalue weighted by molar-refractivity contribution is 7.98. The third-order valence-corrected chi connectivity index (χ3v) is 2.70. The summed E-state index contributed by atoms with van der Waals surface area (Å²) in [5.74, 6) is 0. The van der Waals surface area contributed by atoms with Gasteiger partial charge in [0.25, 0.3) is 0 Å². The first-order valence-corrected chi connectivity index (χ1v) is 6.03. The number of nitrogens with one attached hydrogen (secondary N) is 1. The highest BCUT2D eigenvalue weighted by atomic mass is 32.2. The van der Waals surface area contributed by atoms with Gasteiger partial charge in [0.05, 0.1) is 12.7 Å². The Labute approximate surface area is 94.8 Å². The average Bonchev–Trinajstić information content (AvgIpc) is 2.27. The second kappa shape index (κ2) is 6.71. The van der Waals surface area contributed by atoms with Crippen LogP contribution in [0.5, 0.6) is 0 Å². The van der Waals surface area contributed by atoms with Gasteiger partial charge in [0.15, 0.2) is 0 Å². The van der Waals surface area contributed by atoms with E-state index in [1.54, 1.807) is 18.9 Å². The van der Waals surface area contributed by atoms with Gasteiger partial charge in [-0.25, -0.2) is 0 Å². The summed E-state index contributed by atoms with van der Waals surface area (Å²) >= 11 is 1.70. The van der Waals surface area contributed by atoms with E-state index in [1.165, 1.54) is 4.90 Å². The molecule has 1 atom stereocenters. The molecule has 0 bridgehead atoms. The molecule has 0 aromatic heterocycles. The smallest absolute Gasteiger partial charge is 0.0945 e. The van der Waals surface area contributed by atoms with Gasteiger partial charge in [-0.1, -0.05) is 6.07 Å². The van der Waals surface area contributed by atoms with E-state index in [4.69, 9.17) is 4.74 Å². The van der Waals surface area contributed by atoms with Crippen molar-refractivity contribution >= 4 is 17.4 Å². The van der Waals surface area contributed by atoms with Gasteiger partial charge in [-0.05, 0) is 24.5 Å². The predicted octanol–water partition coefficient (Wildman–Crippen LogP) is 1.83. The summed E-state index contributed by atoms with van der Waals surface area (Å²) in [6, 6.07) is 8.10. The lowest BCUT2D eigenvalue weighted by molar-refractivity contribution is 0.0727. The first kappa shape index (κ1) is 12.4. The number of hydrogen-bond acceptors (Lipinski definition) is 4. The molecule has 0 amide bonds. The summed E-state index contributed by atoms with van der Waals surface area (Å²) in [5.41, 5.74) is 1.03. The first-order valence-electron chi connectivity index (χ1n) is 4.81. The second-order valence-corrected chi connectivity index (χ2v) is 4.10. The van der Waals surface area contributed by atoms with E-state index in [1.807, 2.05) is 18.4 Å². The molecule has 0 heterocycles. The van der Waals surface area contributed by atoms with Gasteiger partial charge < -0.3 is 15.2 Å². The van der Waals surface area contributed by atoms with Crippen molar-refractivity contribution in [3.8, 4) is 0 Å². The maximum atomic E-state index is 9.44. The van der Waals surface area contributed by atoms with E-state index in [0.29, 0.717) is 13.2 Å². The monoisotopic (exact) mass is 227 g/mol. The highest BCUT2D eigenvalue weighted by Gasteiger charge is 2.02. The quantitative estimate of drug-likeness (QED) is 0.728. The zero-order chi connectivity index (χ0) is 11.1. The minimum absolute atomic E-state index is 0.356. The Morgan fingerprint density at radius 3 is 3.00 bits per heavy atom. The molecule has 15 heavy (non-hydrogen) atoms. The van der Waals surface area contributed by atoms with E-state index < -0.39 is 6.10 Å². The molecule has 0 aliphatic carbocycles. The van der Waals surface area contributed by atoms with Crippen molar-refractivity contribution in [2.24, 2.45) is 0 Å². The van der Waals surface area contributed by atoms with Gasteiger partial charge in [0, 0.05) is 24.2 Å². The zero-order valence-electron chi connectivity index (χ0n) is 9.06. The summed E-state index contributed by atoms with van der Waals surface area (Å²) in [4.78, 5) is 1.21. The number of aliphatic hydroxyl groups excluding tert-OH is 1. The van der Waals surface area contributed by atoms with Gasteiger partial charge in [-0.2, -0.15) is 0 Å². The number of rotatable bonds is 6. The zero-order valence-corrected chi connectivity index (χ0v) is 9.88. The molecule has 84 valence electrons. The topological polar surface area (TPSA) is 41.5 Å². The van der Waals surface area contributed by atoms with Crippen LogP contribution in [-0.2, 0) is 4.74 Å². The van der Waals surface area contributed by atoms with E-state index >= 15 is 0 Å². The van der Waals surface area contributed by atoms with Crippen molar-refractivity contribution in [2.45, 2.75) is 11.0 Å². The molecular formula is C11H17NO2S. The fraction of sp³-hybridized carbons (Fsp3) is 0.455. The average molecular weight is 227 g/mol. The molecule has 1 rings (SSSR count). The van der Waals surface area contributed by atoms with Gasteiger partial charge in [0.2, 0.25) is 0 Å². The molecule has 1 aromatic rings. The van der Waals surface area contributed by atoms with Crippen LogP contribution in [0.2, 0.25) is 0 Å². The van der Waals surface area contributed by atoms with Crippen molar-refractivity contribution < 1.29 is 9.84 Å². The van der Waals surface area contributed by atoms with Gasteiger partial charge in [-0.3, -0.25) is 0 Å². The summed E-state index contributed by atoms with van der Waals surface area (Å²) < 4.78 is 4.84. The molecule has 3 nitrogen and oxygen atoms in total. The minimum atomic E-state index is -0.465. The van der Waals surface area contributed by atoms with Crippen LogP contribution in [0.3, 0.4) is 0 Å². The third kappa shape index (κ3) is 4.55. The lowest BCUT2D eigenvalue weighted by Crippen LogP contribution is -2.24.